The molecule has 0 aliphatic heterocycles. The fraction of sp³-hybridized carbons (Fsp3) is 0.238. The highest BCUT2D eigenvalue weighted by molar-refractivity contribution is 6.07. The molecule has 122 valence electrons. The van der Waals surface area contributed by atoms with Crippen molar-refractivity contribution in [2.75, 3.05) is 6.54 Å². The molecule has 3 nitrogen and oxygen atoms in total. The quantitative estimate of drug-likeness (QED) is 0.692. The van der Waals surface area contributed by atoms with E-state index in [-0.39, 0.29) is 5.91 Å². The predicted molar refractivity (Wildman–Crippen MR) is 97.8 cm³/mol. The highest BCUT2D eigenvalue weighted by Crippen LogP contribution is 2.21. The smallest absolute Gasteiger partial charge is 0.254 e. The monoisotopic (exact) mass is 318 g/mol. The highest BCUT2D eigenvalue weighted by atomic mass is 16.2. The lowest BCUT2D eigenvalue weighted by Gasteiger charge is -2.25. The molecule has 0 aliphatic rings. The summed E-state index contributed by atoms with van der Waals surface area (Å²) in [5.41, 5.74) is 1.66. The second-order valence-electron chi connectivity index (χ2n) is 6.43. The Hall–Kier alpha value is -2.68. The molecule has 0 radical (unpaired) electrons. The standard InChI is InChI=1S/C21H22N2O/c1-16(2)14-23(15-18-10-5-6-13-22-18)21(24)20-12-7-9-17-8-3-4-11-19(17)20/h3-13,16H,14-15H2,1-2H3. The number of carbonyl (C=O) groups is 1. The van der Waals surface area contributed by atoms with Gasteiger partial charge in [-0.25, -0.2) is 0 Å². The molecule has 24 heavy (non-hydrogen) atoms. The molecule has 3 rings (SSSR count). The third kappa shape index (κ3) is 3.62. The summed E-state index contributed by atoms with van der Waals surface area (Å²) in [6.07, 6.45) is 1.77. The van der Waals surface area contributed by atoms with Crippen LogP contribution >= 0.6 is 0 Å². The molecule has 0 N–H and O–H groups in total. The average Bonchev–Trinajstić information content (AvgIpc) is 2.60. The molecule has 0 aliphatic carbocycles. The average molecular weight is 318 g/mol. The van der Waals surface area contributed by atoms with E-state index in [0.29, 0.717) is 19.0 Å². The number of aromatic nitrogens is 1. The molecule has 3 heteroatoms. The minimum absolute atomic E-state index is 0.0613. The van der Waals surface area contributed by atoms with Crippen LogP contribution < -0.4 is 0 Å². The van der Waals surface area contributed by atoms with Gasteiger partial charge in [0.2, 0.25) is 0 Å². The van der Waals surface area contributed by atoms with Crippen molar-refractivity contribution >= 4 is 16.7 Å². The summed E-state index contributed by atoms with van der Waals surface area (Å²) in [5, 5.41) is 2.09. The Morgan fingerprint density at radius 1 is 1.00 bits per heavy atom. The van der Waals surface area contributed by atoms with Crippen molar-refractivity contribution in [3.05, 3.63) is 78.1 Å². The molecule has 0 bridgehead atoms. The Bertz CT molecular complexity index is 822. The third-order valence-corrected chi connectivity index (χ3v) is 3.97. The summed E-state index contributed by atoms with van der Waals surface area (Å²) in [4.78, 5) is 19.5. The summed E-state index contributed by atoms with van der Waals surface area (Å²) >= 11 is 0. The van der Waals surface area contributed by atoms with Gasteiger partial charge in [0.25, 0.3) is 5.91 Å². The van der Waals surface area contributed by atoms with Crippen molar-refractivity contribution in [1.29, 1.82) is 0 Å². The summed E-state index contributed by atoms with van der Waals surface area (Å²) in [5.74, 6) is 0.457. The van der Waals surface area contributed by atoms with Gasteiger partial charge in [0.1, 0.15) is 0 Å². The van der Waals surface area contributed by atoms with E-state index in [0.717, 1.165) is 22.0 Å². The Kier molecular flexibility index (Phi) is 4.90. The maximum Gasteiger partial charge on any atom is 0.254 e. The first-order chi connectivity index (χ1) is 11.6. The van der Waals surface area contributed by atoms with Crippen LogP contribution in [0.5, 0.6) is 0 Å². The molecule has 0 spiro atoms. The van der Waals surface area contributed by atoms with Crippen LogP contribution in [0.4, 0.5) is 0 Å². The highest BCUT2D eigenvalue weighted by Gasteiger charge is 2.19. The molecule has 3 aromatic rings. The lowest BCUT2D eigenvalue weighted by atomic mass is 10.0. The molecule has 0 fully saturated rings. The van der Waals surface area contributed by atoms with Crippen LogP contribution in [0.15, 0.2) is 66.9 Å². The summed E-state index contributed by atoms with van der Waals surface area (Å²) < 4.78 is 0. The number of rotatable bonds is 5. The number of pyridine rings is 1. The number of carbonyl (C=O) groups excluding carboxylic acids is 1. The second kappa shape index (κ2) is 7.26. The first kappa shape index (κ1) is 16.2. The van der Waals surface area contributed by atoms with Crippen molar-refractivity contribution < 1.29 is 4.79 Å². The van der Waals surface area contributed by atoms with Crippen molar-refractivity contribution in [2.45, 2.75) is 20.4 Å². The Morgan fingerprint density at radius 2 is 1.75 bits per heavy atom. The number of benzene rings is 2. The Balaban J connectivity index is 1.95. The summed E-state index contributed by atoms with van der Waals surface area (Å²) in [6, 6.07) is 19.7. The van der Waals surface area contributed by atoms with Crippen LogP contribution in [0.3, 0.4) is 0 Å². The molecule has 0 saturated carbocycles. The third-order valence-electron chi connectivity index (χ3n) is 3.97. The normalized spacial score (nSPS) is 11.0. The van der Waals surface area contributed by atoms with Crippen LogP contribution in [-0.4, -0.2) is 22.3 Å². The van der Waals surface area contributed by atoms with Gasteiger partial charge in [-0.2, -0.15) is 0 Å². The van der Waals surface area contributed by atoms with E-state index in [1.54, 1.807) is 6.20 Å². The van der Waals surface area contributed by atoms with E-state index in [4.69, 9.17) is 0 Å². The van der Waals surface area contributed by atoms with E-state index >= 15 is 0 Å². The SMILES string of the molecule is CC(C)CN(Cc1ccccn1)C(=O)c1cccc2ccccc12. The molecule has 0 atom stereocenters. The van der Waals surface area contributed by atoms with Gasteiger partial charge in [-0.15, -0.1) is 0 Å². The van der Waals surface area contributed by atoms with E-state index < -0.39 is 0 Å². The van der Waals surface area contributed by atoms with E-state index in [1.807, 2.05) is 65.6 Å². The van der Waals surface area contributed by atoms with Gasteiger partial charge in [0.15, 0.2) is 0 Å². The zero-order valence-corrected chi connectivity index (χ0v) is 14.1. The van der Waals surface area contributed by atoms with Gasteiger partial charge in [0.05, 0.1) is 12.2 Å². The zero-order valence-electron chi connectivity index (χ0n) is 14.1. The molecular weight excluding hydrogens is 296 g/mol. The van der Waals surface area contributed by atoms with Crippen molar-refractivity contribution in [2.24, 2.45) is 5.92 Å². The van der Waals surface area contributed by atoms with Crippen LogP contribution in [0.2, 0.25) is 0 Å². The van der Waals surface area contributed by atoms with Crippen LogP contribution in [-0.2, 0) is 6.54 Å². The van der Waals surface area contributed by atoms with Gasteiger partial charge in [-0.05, 0) is 34.9 Å². The molecule has 2 aromatic carbocycles. The van der Waals surface area contributed by atoms with E-state index in [2.05, 4.69) is 18.8 Å². The molecule has 0 unspecified atom stereocenters. The minimum atomic E-state index is 0.0613. The van der Waals surface area contributed by atoms with Crippen molar-refractivity contribution in [3.63, 3.8) is 0 Å². The van der Waals surface area contributed by atoms with E-state index in [9.17, 15) is 4.79 Å². The van der Waals surface area contributed by atoms with Crippen LogP contribution in [0, 0.1) is 5.92 Å². The lowest BCUT2D eigenvalue weighted by molar-refractivity contribution is 0.0722. The fourth-order valence-electron chi connectivity index (χ4n) is 2.93. The lowest BCUT2D eigenvalue weighted by Crippen LogP contribution is -2.34. The molecular formula is C21H22N2O. The largest absolute Gasteiger partial charge is 0.332 e. The number of hydrogen-bond donors (Lipinski definition) is 0. The predicted octanol–water partition coefficient (Wildman–Crippen LogP) is 4.53. The fourth-order valence-corrected chi connectivity index (χ4v) is 2.93. The first-order valence-corrected chi connectivity index (χ1v) is 8.32. The van der Waals surface area contributed by atoms with Gasteiger partial charge < -0.3 is 4.90 Å². The maximum atomic E-state index is 13.2. The van der Waals surface area contributed by atoms with Gasteiger partial charge in [-0.3, -0.25) is 9.78 Å². The first-order valence-electron chi connectivity index (χ1n) is 8.32. The maximum absolute atomic E-state index is 13.2. The number of amides is 1. The molecule has 1 heterocycles. The Morgan fingerprint density at radius 3 is 2.50 bits per heavy atom. The summed E-state index contributed by atoms with van der Waals surface area (Å²) in [7, 11) is 0. The number of nitrogens with zero attached hydrogens (tertiary/aromatic N) is 2. The number of hydrogen-bond acceptors (Lipinski definition) is 2. The van der Waals surface area contributed by atoms with Crippen LogP contribution in [0.1, 0.15) is 29.9 Å². The minimum Gasteiger partial charge on any atom is -0.332 e. The Labute approximate surface area is 143 Å². The summed E-state index contributed by atoms with van der Waals surface area (Å²) in [6.45, 7) is 5.49. The molecule has 1 amide bonds. The number of fused-ring (bicyclic) bond motifs is 1. The second-order valence-corrected chi connectivity index (χ2v) is 6.43. The van der Waals surface area contributed by atoms with Gasteiger partial charge >= 0.3 is 0 Å². The van der Waals surface area contributed by atoms with Crippen LogP contribution in [0.25, 0.3) is 10.8 Å². The molecule has 1 aromatic heterocycles. The molecule has 0 saturated heterocycles. The van der Waals surface area contributed by atoms with E-state index in [1.165, 1.54) is 0 Å². The van der Waals surface area contributed by atoms with Crippen molar-refractivity contribution in [3.8, 4) is 0 Å². The zero-order chi connectivity index (χ0) is 16.9. The topological polar surface area (TPSA) is 33.2 Å². The van der Waals surface area contributed by atoms with Gasteiger partial charge in [-0.1, -0.05) is 56.3 Å². The van der Waals surface area contributed by atoms with Crippen molar-refractivity contribution in [1.82, 2.24) is 9.88 Å². The van der Waals surface area contributed by atoms with Gasteiger partial charge in [0, 0.05) is 18.3 Å².